The molecule has 0 aromatic rings. The van der Waals surface area contributed by atoms with Gasteiger partial charge in [0.2, 0.25) is 0 Å². The second kappa shape index (κ2) is 4.79. The van der Waals surface area contributed by atoms with Crippen LogP contribution in [0, 0.1) is 5.41 Å². The Labute approximate surface area is 88.1 Å². The monoisotopic (exact) mass is 193 g/mol. The van der Waals surface area contributed by atoms with Crippen LogP contribution < -0.4 is 5.73 Å². The van der Waals surface area contributed by atoms with Gasteiger partial charge < -0.3 is 5.73 Å². The van der Waals surface area contributed by atoms with Crippen molar-refractivity contribution in [3.05, 3.63) is 24.3 Å². The molecule has 1 nitrogen and oxygen atoms in total. The predicted molar refractivity (Wildman–Crippen MR) is 63.1 cm³/mol. The first-order chi connectivity index (χ1) is 6.53. The third-order valence-electron chi connectivity index (χ3n) is 2.85. The molecule has 14 heavy (non-hydrogen) atoms. The van der Waals surface area contributed by atoms with Gasteiger partial charge in [-0.1, -0.05) is 31.6 Å². The number of rotatable bonds is 4. The molecule has 80 valence electrons. The van der Waals surface area contributed by atoms with Crippen LogP contribution in [0.2, 0.25) is 0 Å². The third-order valence-corrected chi connectivity index (χ3v) is 2.85. The lowest BCUT2D eigenvalue weighted by molar-refractivity contribution is 0.297. The molecule has 0 aromatic carbocycles. The molecule has 0 bridgehead atoms. The molecule has 1 aliphatic carbocycles. The van der Waals surface area contributed by atoms with Crippen molar-refractivity contribution in [1.82, 2.24) is 0 Å². The smallest absolute Gasteiger partial charge is 0.0231 e. The molecule has 1 heteroatoms. The largest absolute Gasteiger partial charge is 0.324 e. The fourth-order valence-corrected chi connectivity index (χ4v) is 2.39. The van der Waals surface area contributed by atoms with Crippen LogP contribution in [-0.2, 0) is 0 Å². The van der Waals surface area contributed by atoms with Gasteiger partial charge in [-0.25, -0.2) is 0 Å². The molecule has 0 saturated heterocycles. The quantitative estimate of drug-likeness (QED) is 0.537. The average Bonchev–Trinajstić information content (AvgIpc) is 2.00. The Bertz CT molecular complexity index is 225. The lowest BCUT2D eigenvalue weighted by atomic mass is 9.74. The van der Waals surface area contributed by atoms with Crippen LogP contribution in [0.3, 0.4) is 0 Å². The summed E-state index contributed by atoms with van der Waals surface area (Å²) in [5, 5.41) is 0. The van der Waals surface area contributed by atoms with Crippen molar-refractivity contribution in [2.75, 3.05) is 0 Å². The molecule has 0 amide bonds. The maximum Gasteiger partial charge on any atom is 0.0231 e. The summed E-state index contributed by atoms with van der Waals surface area (Å²) in [5.41, 5.74) is 7.96. The number of unbranched alkanes of at least 4 members (excludes halogenated alkanes) is 1. The van der Waals surface area contributed by atoms with Crippen LogP contribution in [0.5, 0.6) is 0 Å². The van der Waals surface area contributed by atoms with Gasteiger partial charge in [0.15, 0.2) is 0 Å². The van der Waals surface area contributed by atoms with Crippen LogP contribution in [0.4, 0.5) is 0 Å². The summed E-state index contributed by atoms with van der Waals surface area (Å²) < 4.78 is 0. The van der Waals surface area contributed by atoms with E-state index in [4.69, 9.17) is 5.73 Å². The van der Waals surface area contributed by atoms with Crippen molar-refractivity contribution < 1.29 is 0 Å². The Morgan fingerprint density at radius 1 is 1.64 bits per heavy atom. The van der Waals surface area contributed by atoms with Crippen molar-refractivity contribution in [2.45, 2.75) is 52.0 Å². The minimum Gasteiger partial charge on any atom is -0.324 e. The summed E-state index contributed by atoms with van der Waals surface area (Å²) in [6.07, 6.45) is 10.1. The zero-order valence-corrected chi connectivity index (χ0v) is 9.55. The molecule has 0 aliphatic heterocycles. The van der Waals surface area contributed by atoms with E-state index in [-0.39, 0.29) is 6.04 Å². The van der Waals surface area contributed by atoms with Gasteiger partial charge in [-0.2, -0.15) is 0 Å². The van der Waals surface area contributed by atoms with E-state index in [0.29, 0.717) is 5.41 Å². The van der Waals surface area contributed by atoms with Crippen LogP contribution in [0.25, 0.3) is 0 Å². The first kappa shape index (κ1) is 11.5. The van der Waals surface area contributed by atoms with E-state index in [2.05, 4.69) is 26.5 Å². The van der Waals surface area contributed by atoms with Gasteiger partial charge in [-0.05, 0) is 37.5 Å². The minimum atomic E-state index is 0.275. The zero-order valence-electron chi connectivity index (χ0n) is 9.55. The molecule has 0 aromatic heterocycles. The lowest BCUT2D eigenvalue weighted by Gasteiger charge is -2.33. The summed E-state index contributed by atoms with van der Waals surface area (Å²) in [4.78, 5) is 0. The van der Waals surface area contributed by atoms with E-state index in [0.717, 1.165) is 12.8 Å². The molecule has 1 aliphatic rings. The summed E-state index contributed by atoms with van der Waals surface area (Å²) in [6, 6.07) is 0.275. The number of hydrogen-bond donors (Lipinski definition) is 1. The summed E-state index contributed by atoms with van der Waals surface area (Å²) in [6.45, 7) is 8.37. The van der Waals surface area contributed by atoms with Crippen LogP contribution in [0.1, 0.15) is 46.0 Å². The maximum atomic E-state index is 6.01. The third kappa shape index (κ3) is 3.67. The SMILES string of the molecule is C=CCCCC1=CC(N)CC(C)(C)C1. The first-order valence-electron chi connectivity index (χ1n) is 5.59. The maximum absolute atomic E-state index is 6.01. The molecule has 0 radical (unpaired) electrons. The van der Waals surface area contributed by atoms with E-state index in [1.54, 1.807) is 5.57 Å². The van der Waals surface area contributed by atoms with Gasteiger partial charge in [-0.3, -0.25) is 0 Å². The fourth-order valence-electron chi connectivity index (χ4n) is 2.39. The Balaban J connectivity index is 2.47. The number of hydrogen-bond acceptors (Lipinski definition) is 1. The highest BCUT2D eigenvalue weighted by atomic mass is 14.6. The molecular weight excluding hydrogens is 170 g/mol. The van der Waals surface area contributed by atoms with Crippen LogP contribution in [0.15, 0.2) is 24.3 Å². The summed E-state index contributed by atoms with van der Waals surface area (Å²) in [7, 11) is 0. The molecule has 0 heterocycles. The topological polar surface area (TPSA) is 26.0 Å². The molecule has 1 rings (SSSR count). The normalized spacial score (nSPS) is 25.6. The Morgan fingerprint density at radius 3 is 2.93 bits per heavy atom. The molecular formula is C13H23N. The highest BCUT2D eigenvalue weighted by Crippen LogP contribution is 2.36. The van der Waals surface area contributed by atoms with Crippen molar-refractivity contribution in [2.24, 2.45) is 11.1 Å². The van der Waals surface area contributed by atoms with E-state index in [1.165, 1.54) is 19.3 Å². The van der Waals surface area contributed by atoms with Gasteiger partial charge in [-0.15, -0.1) is 6.58 Å². The molecule has 0 fully saturated rings. The molecule has 1 unspecified atom stereocenters. The van der Waals surface area contributed by atoms with E-state index in [9.17, 15) is 0 Å². The highest BCUT2D eigenvalue weighted by Gasteiger charge is 2.26. The van der Waals surface area contributed by atoms with Crippen LogP contribution >= 0.6 is 0 Å². The predicted octanol–water partition coefficient (Wildman–Crippen LogP) is 3.42. The van der Waals surface area contributed by atoms with E-state index >= 15 is 0 Å². The Hall–Kier alpha value is -0.560. The van der Waals surface area contributed by atoms with Gasteiger partial charge >= 0.3 is 0 Å². The van der Waals surface area contributed by atoms with E-state index < -0.39 is 0 Å². The number of allylic oxidation sites excluding steroid dienone is 2. The average molecular weight is 193 g/mol. The van der Waals surface area contributed by atoms with E-state index in [1.807, 2.05) is 6.08 Å². The zero-order chi connectivity index (χ0) is 10.6. The van der Waals surface area contributed by atoms with Crippen molar-refractivity contribution in [3.63, 3.8) is 0 Å². The standard InChI is InChI=1S/C13H23N/c1-4-5-6-7-11-8-12(14)10-13(2,3)9-11/h4,8,12H,1,5-7,9-10,14H2,2-3H3. The van der Waals surface area contributed by atoms with Gasteiger partial charge in [0, 0.05) is 6.04 Å². The van der Waals surface area contributed by atoms with Crippen molar-refractivity contribution >= 4 is 0 Å². The summed E-state index contributed by atoms with van der Waals surface area (Å²) in [5.74, 6) is 0. The Kier molecular flexibility index (Phi) is 3.94. The number of nitrogens with two attached hydrogens (primary N) is 1. The minimum absolute atomic E-state index is 0.275. The van der Waals surface area contributed by atoms with Gasteiger partial charge in [0.05, 0.1) is 0 Å². The molecule has 2 N–H and O–H groups in total. The molecule has 0 saturated carbocycles. The molecule has 1 atom stereocenters. The van der Waals surface area contributed by atoms with Gasteiger partial charge in [0.1, 0.15) is 0 Å². The van der Waals surface area contributed by atoms with Crippen molar-refractivity contribution in [1.29, 1.82) is 0 Å². The second-order valence-electron chi connectivity index (χ2n) is 5.21. The summed E-state index contributed by atoms with van der Waals surface area (Å²) >= 11 is 0. The Morgan fingerprint density at radius 2 is 2.36 bits per heavy atom. The fraction of sp³-hybridized carbons (Fsp3) is 0.692. The second-order valence-corrected chi connectivity index (χ2v) is 5.21. The van der Waals surface area contributed by atoms with Crippen molar-refractivity contribution in [3.8, 4) is 0 Å². The van der Waals surface area contributed by atoms with Gasteiger partial charge in [0.25, 0.3) is 0 Å². The first-order valence-corrected chi connectivity index (χ1v) is 5.59. The molecule has 0 spiro atoms. The lowest BCUT2D eigenvalue weighted by Crippen LogP contribution is -2.30. The highest BCUT2D eigenvalue weighted by molar-refractivity contribution is 5.14. The van der Waals surface area contributed by atoms with Crippen LogP contribution in [-0.4, -0.2) is 6.04 Å².